The summed E-state index contributed by atoms with van der Waals surface area (Å²) in [6.45, 7) is -6.46. The van der Waals surface area contributed by atoms with E-state index in [2.05, 4.69) is 14.8 Å². The van der Waals surface area contributed by atoms with Gasteiger partial charge in [-0.25, -0.2) is 0 Å². The molecule has 0 fully saturated rings. The van der Waals surface area contributed by atoms with Gasteiger partial charge in [-0.3, -0.25) is 4.79 Å². The lowest BCUT2D eigenvalue weighted by Gasteiger charge is -2.12. The van der Waals surface area contributed by atoms with Gasteiger partial charge in [-0.15, -0.1) is 0 Å². The van der Waals surface area contributed by atoms with Crippen LogP contribution in [0, 0.1) is 11.3 Å². The molecular weight excluding hydrogens is 432 g/mol. The molecule has 0 bridgehead atoms. The minimum absolute atomic E-state index is 0.128. The number of anilines is 1. The van der Waals surface area contributed by atoms with Crippen LogP contribution in [-0.4, -0.2) is 26.2 Å². The Morgan fingerprint density at radius 1 is 1.10 bits per heavy atom. The average molecular weight is 445 g/mol. The molecule has 2 aromatic rings. The van der Waals surface area contributed by atoms with Gasteiger partial charge < -0.3 is 19.5 Å². The number of carbonyl (C=O) groups is 1. The molecule has 0 atom stereocenters. The zero-order chi connectivity index (χ0) is 22.3. The number of hydrogen-bond acceptors (Lipinski definition) is 5. The van der Waals surface area contributed by atoms with Crippen LogP contribution in [0.2, 0.25) is 5.02 Å². The molecule has 0 aliphatic rings. The predicted molar refractivity (Wildman–Crippen MR) is 99.9 cm³/mol. The fraction of sp³-hybridized carbons (Fsp3) is 0.158. The average Bonchev–Trinajstić information content (AvgIpc) is 2.66. The van der Waals surface area contributed by atoms with Crippen LogP contribution in [0.15, 0.2) is 42.0 Å². The fourth-order valence-electron chi connectivity index (χ4n) is 2.25. The van der Waals surface area contributed by atoms with Crippen LogP contribution in [0.25, 0.3) is 6.08 Å². The zero-order valence-electron chi connectivity index (χ0n) is 15.2. The van der Waals surface area contributed by atoms with E-state index in [0.29, 0.717) is 5.75 Å². The standard InChI is InChI=1S/C19H13ClF4N2O4/c1-28-15-5-3-12(7-14(15)20)26-17(27)11(9-25)6-10-2-4-13(29-18(21)22)8-16(10)30-19(23)24/h2-8,18-19H,1H3,(H,26,27)/b11-6-. The van der Waals surface area contributed by atoms with Crippen molar-refractivity contribution in [1.29, 1.82) is 5.26 Å². The summed E-state index contributed by atoms with van der Waals surface area (Å²) in [7, 11) is 1.41. The van der Waals surface area contributed by atoms with Crippen LogP contribution in [0.3, 0.4) is 0 Å². The number of amides is 1. The fourth-order valence-corrected chi connectivity index (χ4v) is 2.51. The summed E-state index contributed by atoms with van der Waals surface area (Å²) in [5.74, 6) is -1.50. The number of methoxy groups -OCH3 is 1. The molecule has 0 heterocycles. The van der Waals surface area contributed by atoms with Crippen molar-refractivity contribution in [3.05, 3.63) is 52.6 Å². The van der Waals surface area contributed by atoms with Crippen LogP contribution in [0.4, 0.5) is 23.2 Å². The maximum atomic E-state index is 12.7. The van der Waals surface area contributed by atoms with Crippen molar-refractivity contribution in [2.24, 2.45) is 0 Å². The minimum Gasteiger partial charge on any atom is -0.495 e. The Balaban J connectivity index is 2.32. The molecule has 2 aromatic carbocycles. The molecule has 1 N–H and O–H groups in total. The van der Waals surface area contributed by atoms with Gasteiger partial charge in [0.2, 0.25) is 0 Å². The molecule has 2 rings (SSSR count). The van der Waals surface area contributed by atoms with E-state index in [1.807, 2.05) is 0 Å². The number of nitrogens with one attached hydrogen (secondary N) is 1. The third kappa shape index (κ3) is 6.28. The molecule has 6 nitrogen and oxygen atoms in total. The van der Waals surface area contributed by atoms with Crippen LogP contribution in [-0.2, 0) is 4.79 Å². The number of benzene rings is 2. The second-order valence-corrected chi connectivity index (χ2v) is 5.84. The van der Waals surface area contributed by atoms with E-state index in [9.17, 15) is 27.6 Å². The number of nitriles is 1. The highest BCUT2D eigenvalue weighted by Crippen LogP contribution is 2.30. The first-order valence-corrected chi connectivity index (χ1v) is 8.41. The number of hydrogen-bond donors (Lipinski definition) is 1. The molecule has 158 valence electrons. The van der Waals surface area contributed by atoms with Gasteiger partial charge in [0.1, 0.15) is 28.9 Å². The summed E-state index contributed by atoms with van der Waals surface area (Å²) in [5, 5.41) is 11.9. The predicted octanol–water partition coefficient (Wildman–Crippen LogP) is 5.10. The number of rotatable bonds is 8. The van der Waals surface area contributed by atoms with Gasteiger partial charge in [-0.2, -0.15) is 22.8 Å². The van der Waals surface area contributed by atoms with Gasteiger partial charge in [0.05, 0.1) is 12.1 Å². The monoisotopic (exact) mass is 444 g/mol. The van der Waals surface area contributed by atoms with E-state index in [1.54, 1.807) is 6.07 Å². The lowest BCUT2D eigenvalue weighted by Crippen LogP contribution is -2.13. The van der Waals surface area contributed by atoms with Gasteiger partial charge in [-0.05, 0) is 36.4 Å². The van der Waals surface area contributed by atoms with E-state index < -0.39 is 36.2 Å². The maximum absolute atomic E-state index is 12.7. The van der Waals surface area contributed by atoms with E-state index in [4.69, 9.17) is 16.3 Å². The number of carbonyl (C=O) groups excluding carboxylic acids is 1. The van der Waals surface area contributed by atoms with E-state index in [-0.39, 0.29) is 16.3 Å². The second-order valence-electron chi connectivity index (χ2n) is 5.43. The molecule has 0 aliphatic carbocycles. The summed E-state index contributed by atoms with van der Waals surface area (Å²) in [6, 6.07) is 8.91. The van der Waals surface area contributed by atoms with Crippen molar-refractivity contribution in [3.8, 4) is 23.3 Å². The molecule has 30 heavy (non-hydrogen) atoms. The molecule has 0 unspecified atom stereocenters. The number of nitrogens with zero attached hydrogens (tertiary/aromatic N) is 1. The van der Waals surface area contributed by atoms with Crippen LogP contribution in [0.5, 0.6) is 17.2 Å². The van der Waals surface area contributed by atoms with Gasteiger partial charge in [0, 0.05) is 17.3 Å². The minimum atomic E-state index is -3.28. The molecule has 0 saturated heterocycles. The van der Waals surface area contributed by atoms with Crippen molar-refractivity contribution >= 4 is 29.3 Å². The number of alkyl halides is 4. The van der Waals surface area contributed by atoms with Crippen molar-refractivity contribution in [1.82, 2.24) is 0 Å². The van der Waals surface area contributed by atoms with Gasteiger partial charge in [0.15, 0.2) is 0 Å². The first-order valence-electron chi connectivity index (χ1n) is 8.04. The van der Waals surface area contributed by atoms with Crippen molar-refractivity contribution < 1.29 is 36.6 Å². The lowest BCUT2D eigenvalue weighted by molar-refractivity contribution is -0.112. The topological polar surface area (TPSA) is 80.6 Å². The summed E-state index contributed by atoms with van der Waals surface area (Å²) in [5.41, 5.74) is -0.350. The molecule has 0 radical (unpaired) electrons. The Labute approximate surface area is 173 Å². The van der Waals surface area contributed by atoms with E-state index >= 15 is 0 Å². The smallest absolute Gasteiger partial charge is 0.387 e. The zero-order valence-corrected chi connectivity index (χ0v) is 15.9. The third-order valence-corrected chi connectivity index (χ3v) is 3.80. The van der Waals surface area contributed by atoms with Crippen LogP contribution in [0.1, 0.15) is 5.56 Å². The van der Waals surface area contributed by atoms with Gasteiger partial charge in [-0.1, -0.05) is 11.6 Å². The summed E-state index contributed by atoms with van der Waals surface area (Å²) < 4.78 is 63.4. The Morgan fingerprint density at radius 3 is 2.37 bits per heavy atom. The summed E-state index contributed by atoms with van der Waals surface area (Å²) in [6.07, 6.45) is 0.963. The van der Waals surface area contributed by atoms with Gasteiger partial charge in [0.25, 0.3) is 5.91 Å². The second kappa shape index (κ2) is 10.4. The lowest BCUT2D eigenvalue weighted by atomic mass is 10.1. The highest BCUT2D eigenvalue weighted by molar-refractivity contribution is 6.32. The molecule has 0 aromatic heterocycles. The Morgan fingerprint density at radius 2 is 1.80 bits per heavy atom. The Kier molecular flexibility index (Phi) is 7.89. The SMILES string of the molecule is COc1ccc(NC(=O)/C(C#N)=C\c2ccc(OC(F)F)cc2OC(F)F)cc1Cl. The normalized spacial score (nSPS) is 11.2. The molecular formula is C19H13ClF4N2O4. The molecule has 0 aliphatic heterocycles. The van der Waals surface area contributed by atoms with Gasteiger partial charge >= 0.3 is 13.2 Å². The highest BCUT2D eigenvalue weighted by Gasteiger charge is 2.16. The highest BCUT2D eigenvalue weighted by atomic mass is 35.5. The quantitative estimate of drug-likeness (QED) is 0.348. The molecule has 11 heteroatoms. The number of ether oxygens (including phenoxy) is 3. The molecule has 1 amide bonds. The van der Waals surface area contributed by atoms with Crippen LogP contribution < -0.4 is 19.5 Å². The third-order valence-electron chi connectivity index (χ3n) is 3.50. The summed E-state index contributed by atoms with van der Waals surface area (Å²) in [4.78, 5) is 12.4. The molecule has 0 spiro atoms. The Bertz CT molecular complexity index is 993. The van der Waals surface area contributed by atoms with E-state index in [0.717, 1.165) is 24.3 Å². The first-order chi connectivity index (χ1) is 14.2. The molecule has 0 saturated carbocycles. The summed E-state index contributed by atoms with van der Waals surface area (Å²) >= 11 is 5.97. The Hall–Kier alpha value is -3.45. The van der Waals surface area contributed by atoms with E-state index in [1.165, 1.54) is 25.3 Å². The first kappa shape index (κ1) is 22.8. The van der Waals surface area contributed by atoms with Crippen molar-refractivity contribution in [3.63, 3.8) is 0 Å². The van der Waals surface area contributed by atoms with Crippen molar-refractivity contribution in [2.45, 2.75) is 13.2 Å². The number of halogens is 5. The van der Waals surface area contributed by atoms with Crippen LogP contribution >= 0.6 is 11.6 Å². The maximum Gasteiger partial charge on any atom is 0.387 e. The van der Waals surface area contributed by atoms with Crippen molar-refractivity contribution in [2.75, 3.05) is 12.4 Å². The largest absolute Gasteiger partial charge is 0.495 e.